The topological polar surface area (TPSA) is 80.2 Å². The summed E-state index contributed by atoms with van der Waals surface area (Å²) < 4.78 is 10.7. The minimum Gasteiger partial charge on any atom is -0.493 e. The zero-order chi connectivity index (χ0) is 23.1. The van der Waals surface area contributed by atoms with E-state index in [1.807, 2.05) is 24.3 Å². The van der Waals surface area contributed by atoms with Gasteiger partial charge in [0.15, 0.2) is 11.5 Å². The average molecular weight is 452 g/mol. The first kappa shape index (κ1) is 22.8. The zero-order valence-electron chi connectivity index (χ0n) is 17.8. The van der Waals surface area contributed by atoms with Gasteiger partial charge in [0.1, 0.15) is 0 Å². The van der Waals surface area contributed by atoms with Crippen LogP contribution in [0.15, 0.2) is 71.7 Å². The van der Waals surface area contributed by atoms with Gasteiger partial charge < -0.3 is 14.4 Å². The third-order valence-electron chi connectivity index (χ3n) is 4.53. The maximum atomic E-state index is 12.2. The number of rotatable bonds is 6. The van der Waals surface area contributed by atoms with Gasteiger partial charge in [-0.1, -0.05) is 17.7 Å². The molecular weight excluding hydrogens is 430 g/mol. The summed E-state index contributed by atoms with van der Waals surface area (Å²) in [6, 6.07) is 19.1. The van der Waals surface area contributed by atoms with Gasteiger partial charge in [-0.25, -0.2) is 4.79 Å². The highest BCUT2D eigenvalue weighted by Crippen LogP contribution is 2.28. The molecular formula is C24H22ClN3O4. The Morgan fingerprint density at radius 1 is 1.03 bits per heavy atom. The molecule has 0 radical (unpaired) electrons. The first-order chi connectivity index (χ1) is 15.4. The first-order valence-electron chi connectivity index (χ1n) is 9.66. The highest BCUT2D eigenvalue weighted by Gasteiger charge is 2.11. The molecule has 3 aromatic rings. The summed E-state index contributed by atoms with van der Waals surface area (Å²) in [5.74, 6) is 0.603. The number of carbonyl (C=O) groups is 2. The molecule has 0 saturated heterocycles. The van der Waals surface area contributed by atoms with Gasteiger partial charge in [-0.3, -0.25) is 15.1 Å². The van der Waals surface area contributed by atoms with Crippen molar-refractivity contribution in [3.05, 3.63) is 77.3 Å². The molecule has 0 aliphatic carbocycles. The van der Waals surface area contributed by atoms with Crippen molar-refractivity contribution in [2.75, 3.05) is 24.4 Å². The number of amides is 2. The molecule has 0 unspecified atom stereocenters. The fourth-order valence-electron chi connectivity index (χ4n) is 2.75. The largest absolute Gasteiger partial charge is 0.493 e. The van der Waals surface area contributed by atoms with Crippen molar-refractivity contribution in [2.45, 2.75) is 6.92 Å². The van der Waals surface area contributed by atoms with Gasteiger partial charge in [0.05, 0.1) is 12.8 Å². The van der Waals surface area contributed by atoms with Crippen LogP contribution in [-0.4, -0.2) is 32.4 Å². The number of aliphatic imine (C=N–C) groups is 1. The van der Waals surface area contributed by atoms with Crippen molar-refractivity contribution >= 4 is 46.9 Å². The normalized spacial score (nSPS) is 10.6. The molecule has 0 atom stereocenters. The Morgan fingerprint density at radius 3 is 2.44 bits per heavy atom. The molecule has 0 heterocycles. The van der Waals surface area contributed by atoms with Crippen LogP contribution in [0.4, 0.5) is 21.9 Å². The number of halogens is 1. The number of ether oxygens (including phenoxy) is 2. The Morgan fingerprint density at radius 2 is 1.78 bits per heavy atom. The molecule has 3 rings (SSSR count). The van der Waals surface area contributed by atoms with Crippen LogP contribution in [-0.2, 0) is 4.79 Å². The SMILES string of the molecule is COc1cc(C=Nc2ccc(N(C)C(C)=O)cc2)ccc1OC(=O)Nc1cccc(Cl)c1. The molecule has 1 N–H and O–H groups in total. The van der Waals surface area contributed by atoms with E-state index in [0.717, 1.165) is 16.9 Å². The van der Waals surface area contributed by atoms with Gasteiger partial charge in [-0.15, -0.1) is 0 Å². The van der Waals surface area contributed by atoms with Crippen molar-refractivity contribution in [2.24, 2.45) is 4.99 Å². The van der Waals surface area contributed by atoms with Crippen LogP contribution in [0.2, 0.25) is 5.02 Å². The van der Waals surface area contributed by atoms with Crippen molar-refractivity contribution < 1.29 is 19.1 Å². The molecule has 164 valence electrons. The fraction of sp³-hybridized carbons (Fsp3) is 0.125. The molecule has 8 heteroatoms. The molecule has 0 aliphatic rings. The van der Waals surface area contributed by atoms with Crippen LogP contribution in [0.3, 0.4) is 0 Å². The maximum absolute atomic E-state index is 12.2. The number of nitrogens with zero attached hydrogens (tertiary/aromatic N) is 2. The van der Waals surface area contributed by atoms with E-state index in [0.29, 0.717) is 16.5 Å². The quantitative estimate of drug-likeness (QED) is 0.488. The van der Waals surface area contributed by atoms with E-state index in [4.69, 9.17) is 21.1 Å². The van der Waals surface area contributed by atoms with E-state index in [9.17, 15) is 9.59 Å². The number of nitrogens with one attached hydrogen (secondary N) is 1. The predicted octanol–water partition coefficient (Wildman–Crippen LogP) is 5.69. The molecule has 3 aromatic carbocycles. The highest BCUT2D eigenvalue weighted by atomic mass is 35.5. The zero-order valence-corrected chi connectivity index (χ0v) is 18.6. The van der Waals surface area contributed by atoms with E-state index >= 15 is 0 Å². The van der Waals surface area contributed by atoms with E-state index in [-0.39, 0.29) is 11.7 Å². The average Bonchev–Trinajstić information content (AvgIpc) is 2.78. The monoisotopic (exact) mass is 451 g/mol. The number of anilines is 2. The van der Waals surface area contributed by atoms with Crippen LogP contribution < -0.4 is 19.7 Å². The molecule has 0 saturated carbocycles. The van der Waals surface area contributed by atoms with Gasteiger partial charge in [-0.05, 0) is 66.2 Å². The molecule has 0 bridgehead atoms. The van der Waals surface area contributed by atoms with Gasteiger partial charge in [0, 0.05) is 36.6 Å². The third kappa shape index (κ3) is 6.09. The summed E-state index contributed by atoms with van der Waals surface area (Å²) >= 11 is 5.92. The number of hydrogen-bond donors (Lipinski definition) is 1. The molecule has 0 spiro atoms. The Bertz CT molecular complexity index is 1150. The molecule has 2 amide bonds. The van der Waals surface area contributed by atoms with Crippen LogP contribution in [0, 0.1) is 0 Å². The summed E-state index contributed by atoms with van der Waals surface area (Å²) in [6.07, 6.45) is 1.00. The number of benzene rings is 3. The van der Waals surface area contributed by atoms with E-state index in [1.54, 1.807) is 60.6 Å². The summed E-state index contributed by atoms with van der Waals surface area (Å²) in [5.41, 5.74) is 2.79. The highest BCUT2D eigenvalue weighted by molar-refractivity contribution is 6.30. The first-order valence-corrected chi connectivity index (χ1v) is 10.0. The summed E-state index contributed by atoms with van der Waals surface area (Å²) in [6.45, 7) is 1.51. The molecule has 0 aliphatic heterocycles. The summed E-state index contributed by atoms with van der Waals surface area (Å²) in [4.78, 5) is 29.6. The standard InChI is InChI=1S/C24H22ClN3O4/c1-16(29)28(2)21-10-8-19(9-11-21)26-15-17-7-12-22(23(13-17)31-3)32-24(30)27-20-6-4-5-18(25)14-20/h4-15H,1-3H3,(H,27,30). The van der Waals surface area contributed by atoms with Crippen molar-refractivity contribution in [1.29, 1.82) is 0 Å². The smallest absolute Gasteiger partial charge is 0.417 e. The van der Waals surface area contributed by atoms with Gasteiger partial charge in [0.25, 0.3) is 0 Å². The van der Waals surface area contributed by atoms with Crippen LogP contribution in [0.1, 0.15) is 12.5 Å². The maximum Gasteiger partial charge on any atom is 0.417 e. The second-order valence-corrected chi connectivity index (χ2v) is 7.22. The van der Waals surface area contributed by atoms with Crippen LogP contribution in [0.5, 0.6) is 11.5 Å². The summed E-state index contributed by atoms with van der Waals surface area (Å²) in [5, 5.41) is 3.12. The lowest BCUT2D eigenvalue weighted by Crippen LogP contribution is -2.22. The summed E-state index contributed by atoms with van der Waals surface area (Å²) in [7, 11) is 3.20. The predicted molar refractivity (Wildman–Crippen MR) is 127 cm³/mol. The minimum absolute atomic E-state index is 0.0445. The molecule has 0 fully saturated rings. The molecule has 0 aromatic heterocycles. The van der Waals surface area contributed by atoms with Crippen LogP contribution >= 0.6 is 11.6 Å². The van der Waals surface area contributed by atoms with Crippen molar-refractivity contribution in [1.82, 2.24) is 0 Å². The Balaban J connectivity index is 1.68. The Kier molecular flexibility index (Phi) is 7.46. The minimum atomic E-state index is -0.664. The van der Waals surface area contributed by atoms with Gasteiger partial charge >= 0.3 is 6.09 Å². The van der Waals surface area contributed by atoms with Gasteiger partial charge in [-0.2, -0.15) is 0 Å². The molecule has 7 nitrogen and oxygen atoms in total. The fourth-order valence-corrected chi connectivity index (χ4v) is 2.94. The van der Waals surface area contributed by atoms with Crippen molar-refractivity contribution in [3.8, 4) is 11.5 Å². The van der Waals surface area contributed by atoms with E-state index < -0.39 is 6.09 Å². The third-order valence-corrected chi connectivity index (χ3v) is 4.77. The number of hydrogen-bond acceptors (Lipinski definition) is 5. The van der Waals surface area contributed by atoms with Crippen molar-refractivity contribution in [3.63, 3.8) is 0 Å². The van der Waals surface area contributed by atoms with E-state index in [1.165, 1.54) is 14.0 Å². The molecule has 32 heavy (non-hydrogen) atoms. The second kappa shape index (κ2) is 10.5. The number of carbonyl (C=O) groups excluding carboxylic acids is 2. The Hall–Kier alpha value is -3.84. The van der Waals surface area contributed by atoms with Gasteiger partial charge in [0.2, 0.25) is 5.91 Å². The van der Waals surface area contributed by atoms with Crippen LogP contribution in [0.25, 0.3) is 0 Å². The number of methoxy groups -OCH3 is 1. The van der Waals surface area contributed by atoms with E-state index in [2.05, 4.69) is 10.3 Å². The second-order valence-electron chi connectivity index (χ2n) is 6.79. The Labute approximate surface area is 191 Å². The lowest BCUT2D eigenvalue weighted by Gasteiger charge is -2.14. The lowest BCUT2D eigenvalue weighted by atomic mass is 10.2. The lowest BCUT2D eigenvalue weighted by molar-refractivity contribution is -0.116.